The Morgan fingerprint density at radius 1 is 1.03 bits per heavy atom. The predicted molar refractivity (Wildman–Crippen MR) is 114 cm³/mol. The number of hydrogen-bond acceptors (Lipinski definition) is 4. The Morgan fingerprint density at radius 2 is 1.68 bits per heavy atom. The van der Waals surface area contributed by atoms with Gasteiger partial charge in [0.2, 0.25) is 10.0 Å². The van der Waals surface area contributed by atoms with Gasteiger partial charge in [0.05, 0.1) is 4.90 Å². The third-order valence-electron chi connectivity index (χ3n) is 5.27. The van der Waals surface area contributed by atoms with Crippen LogP contribution in [0.2, 0.25) is 0 Å². The van der Waals surface area contributed by atoms with E-state index in [9.17, 15) is 22.4 Å². The summed E-state index contributed by atoms with van der Waals surface area (Å²) in [5.74, 6) is -1.93. The minimum absolute atomic E-state index is 0.0648. The van der Waals surface area contributed by atoms with E-state index in [2.05, 4.69) is 10.6 Å². The Labute approximate surface area is 181 Å². The summed E-state index contributed by atoms with van der Waals surface area (Å²) in [7, 11) is -3.67. The SMILES string of the molecule is Cc1ccc(S(=O)(=O)N2CCC[C@H]2CNC(=O)C(=O)NCCc2ccc(F)cc2)cc1. The number of nitrogens with one attached hydrogen (secondary N) is 2. The first-order valence-electron chi connectivity index (χ1n) is 10.2. The van der Waals surface area contributed by atoms with Crippen LogP contribution >= 0.6 is 0 Å². The molecule has 1 saturated heterocycles. The standard InChI is InChI=1S/C22H26FN3O4S/c1-16-4-10-20(11-5-16)31(29,30)26-14-2-3-19(26)15-25-22(28)21(27)24-13-12-17-6-8-18(23)9-7-17/h4-11,19H,2-3,12-15H2,1H3,(H,24,27)(H,25,28)/t19-/m0/s1. The zero-order valence-electron chi connectivity index (χ0n) is 17.3. The third-order valence-corrected chi connectivity index (χ3v) is 7.23. The lowest BCUT2D eigenvalue weighted by molar-refractivity contribution is -0.139. The molecule has 3 rings (SSSR count). The summed E-state index contributed by atoms with van der Waals surface area (Å²) in [6.07, 6.45) is 1.76. The number of aryl methyl sites for hydroxylation is 1. The molecule has 0 radical (unpaired) electrons. The first-order chi connectivity index (χ1) is 14.8. The van der Waals surface area contributed by atoms with Gasteiger partial charge >= 0.3 is 11.8 Å². The Bertz CT molecular complexity index is 1020. The van der Waals surface area contributed by atoms with Crippen LogP contribution in [0.4, 0.5) is 4.39 Å². The van der Waals surface area contributed by atoms with Crippen LogP contribution in [0.5, 0.6) is 0 Å². The van der Waals surface area contributed by atoms with Gasteiger partial charge in [0.25, 0.3) is 0 Å². The van der Waals surface area contributed by atoms with Crippen LogP contribution in [0, 0.1) is 12.7 Å². The maximum Gasteiger partial charge on any atom is 0.309 e. The van der Waals surface area contributed by atoms with Gasteiger partial charge in [0.1, 0.15) is 5.82 Å². The van der Waals surface area contributed by atoms with Crippen LogP contribution in [-0.4, -0.2) is 50.2 Å². The quantitative estimate of drug-likeness (QED) is 0.633. The molecular formula is C22H26FN3O4S. The lowest BCUT2D eigenvalue weighted by Gasteiger charge is -2.24. The summed E-state index contributed by atoms with van der Waals surface area (Å²) in [5.41, 5.74) is 1.81. The molecule has 0 spiro atoms. The molecule has 0 aliphatic carbocycles. The molecule has 0 bridgehead atoms. The van der Waals surface area contributed by atoms with Crippen LogP contribution in [-0.2, 0) is 26.0 Å². The minimum atomic E-state index is -3.67. The minimum Gasteiger partial charge on any atom is -0.348 e. The lowest BCUT2D eigenvalue weighted by Crippen LogP contribution is -2.47. The van der Waals surface area contributed by atoms with Crippen LogP contribution in [0.3, 0.4) is 0 Å². The molecule has 0 saturated carbocycles. The van der Waals surface area contributed by atoms with Crippen molar-refractivity contribution < 1.29 is 22.4 Å². The van der Waals surface area contributed by atoms with Crippen molar-refractivity contribution in [3.8, 4) is 0 Å². The maximum absolute atomic E-state index is 12.9. The van der Waals surface area contributed by atoms with Crippen molar-refractivity contribution in [3.05, 3.63) is 65.5 Å². The van der Waals surface area contributed by atoms with Crippen molar-refractivity contribution in [2.45, 2.75) is 37.1 Å². The molecule has 0 unspecified atom stereocenters. The molecule has 7 nitrogen and oxygen atoms in total. The molecule has 2 aromatic rings. The smallest absolute Gasteiger partial charge is 0.309 e. The molecule has 31 heavy (non-hydrogen) atoms. The summed E-state index contributed by atoms with van der Waals surface area (Å²) < 4.78 is 40.2. The number of hydrogen-bond donors (Lipinski definition) is 2. The Morgan fingerprint density at radius 3 is 2.35 bits per heavy atom. The number of nitrogens with zero attached hydrogens (tertiary/aromatic N) is 1. The van der Waals surface area contributed by atoms with Gasteiger partial charge in [0, 0.05) is 25.7 Å². The van der Waals surface area contributed by atoms with Gasteiger partial charge in [-0.15, -0.1) is 0 Å². The van der Waals surface area contributed by atoms with E-state index >= 15 is 0 Å². The van der Waals surface area contributed by atoms with Gasteiger partial charge in [0.15, 0.2) is 0 Å². The highest BCUT2D eigenvalue weighted by atomic mass is 32.2. The first kappa shape index (κ1) is 22.9. The monoisotopic (exact) mass is 447 g/mol. The van der Waals surface area contributed by atoms with E-state index in [0.29, 0.717) is 25.8 Å². The molecule has 1 heterocycles. The van der Waals surface area contributed by atoms with Gasteiger partial charge in [-0.05, 0) is 56.0 Å². The summed E-state index contributed by atoms with van der Waals surface area (Å²) in [6, 6.07) is 12.1. The molecule has 2 amide bonds. The van der Waals surface area contributed by atoms with Crippen molar-refractivity contribution in [1.29, 1.82) is 0 Å². The fraction of sp³-hybridized carbons (Fsp3) is 0.364. The fourth-order valence-corrected chi connectivity index (χ4v) is 5.21. The van der Waals surface area contributed by atoms with E-state index < -0.39 is 27.9 Å². The van der Waals surface area contributed by atoms with Crippen LogP contribution < -0.4 is 10.6 Å². The van der Waals surface area contributed by atoms with Crippen molar-refractivity contribution in [1.82, 2.24) is 14.9 Å². The average molecular weight is 448 g/mol. The van der Waals surface area contributed by atoms with Gasteiger partial charge in [-0.1, -0.05) is 29.8 Å². The zero-order chi connectivity index (χ0) is 22.4. The molecule has 1 fully saturated rings. The van der Waals surface area contributed by atoms with Gasteiger partial charge in [-0.2, -0.15) is 4.31 Å². The molecule has 1 aliphatic heterocycles. The van der Waals surface area contributed by atoms with E-state index in [1.165, 1.54) is 16.4 Å². The van der Waals surface area contributed by atoms with E-state index in [-0.39, 0.29) is 23.8 Å². The molecule has 1 atom stereocenters. The second-order valence-corrected chi connectivity index (χ2v) is 9.46. The summed E-state index contributed by atoms with van der Waals surface area (Å²) in [5, 5.41) is 5.05. The Kier molecular flexibility index (Phi) is 7.40. The van der Waals surface area contributed by atoms with Gasteiger partial charge in [-0.25, -0.2) is 12.8 Å². The molecular weight excluding hydrogens is 421 g/mol. The second kappa shape index (κ2) is 10.0. The number of amides is 2. The summed E-state index contributed by atoms with van der Waals surface area (Å²) in [4.78, 5) is 24.3. The van der Waals surface area contributed by atoms with Crippen LogP contribution in [0.15, 0.2) is 53.4 Å². The first-order valence-corrected chi connectivity index (χ1v) is 11.6. The van der Waals surface area contributed by atoms with Crippen LogP contribution in [0.1, 0.15) is 24.0 Å². The topological polar surface area (TPSA) is 95.6 Å². The number of sulfonamides is 1. The molecule has 0 aromatic heterocycles. The Hall–Kier alpha value is -2.78. The summed E-state index contributed by atoms with van der Waals surface area (Å²) in [6.45, 7) is 2.56. The van der Waals surface area contributed by atoms with Crippen LogP contribution in [0.25, 0.3) is 0 Å². The largest absolute Gasteiger partial charge is 0.348 e. The number of rotatable bonds is 7. The molecule has 1 aliphatic rings. The summed E-state index contributed by atoms with van der Waals surface area (Å²) >= 11 is 0. The lowest BCUT2D eigenvalue weighted by atomic mass is 10.1. The van der Waals surface area contributed by atoms with Gasteiger partial charge in [-0.3, -0.25) is 9.59 Å². The van der Waals surface area contributed by atoms with Crippen molar-refractivity contribution in [3.63, 3.8) is 0 Å². The number of carbonyl (C=O) groups is 2. The Balaban J connectivity index is 1.49. The normalized spacial score (nSPS) is 16.8. The molecule has 166 valence electrons. The van der Waals surface area contributed by atoms with E-state index in [0.717, 1.165) is 11.1 Å². The van der Waals surface area contributed by atoms with E-state index in [4.69, 9.17) is 0 Å². The van der Waals surface area contributed by atoms with Crippen molar-refractivity contribution >= 4 is 21.8 Å². The number of benzene rings is 2. The predicted octanol–water partition coefficient (Wildman–Crippen LogP) is 1.76. The third kappa shape index (κ3) is 5.89. The van der Waals surface area contributed by atoms with E-state index in [1.54, 1.807) is 36.4 Å². The molecule has 2 N–H and O–H groups in total. The van der Waals surface area contributed by atoms with E-state index in [1.807, 2.05) is 6.92 Å². The maximum atomic E-state index is 12.9. The highest BCUT2D eigenvalue weighted by Crippen LogP contribution is 2.25. The number of halogens is 1. The average Bonchev–Trinajstić information content (AvgIpc) is 3.23. The fourth-order valence-electron chi connectivity index (χ4n) is 3.52. The molecule has 9 heteroatoms. The number of carbonyl (C=O) groups excluding carboxylic acids is 2. The molecule has 2 aromatic carbocycles. The highest BCUT2D eigenvalue weighted by Gasteiger charge is 2.35. The highest BCUT2D eigenvalue weighted by molar-refractivity contribution is 7.89. The van der Waals surface area contributed by atoms with Crippen molar-refractivity contribution in [2.24, 2.45) is 0 Å². The zero-order valence-corrected chi connectivity index (χ0v) is 18.1. The second-order valence-electron chi connectivity index (χ2n) is 7.57. The van der Waals surface area contributed by atoms with Crippen molar-refractivity contribution in [2.75, 3.05) is 19.6 Å². The van der Waals surface area contributed by atoms with Gasteiger partial charge < -0.3 is 10.6 Å².